The van der Waals surface area contributed by atoms with Gasteiger partial charge in [0.05, 0.1) is 0 Å². The molecule has 0 amide bonds. The highest BCUT2D eigenvalue weighted by Gasteiger charge is 2.16. The molecule has 0 fully saturated rings. The Kier molecular flexibility index (Phi) is 1.58. The van der Waals surface area contributed by atoms with Crippen LogP contribution in [0.15, 0.2) is 3.92 Å². The molecule has 2 aromatic heterocycles. The predicted molar refractivity (Wildman–Crippen MR) is 43.3 cm³/mol. The van der Waals surface area contributed by atoms with E-state index >= 15 is 0 Å². The lowest BCUT2D eigenvalue weighted by molar-refractivity contribution is 0.0692. The van der Waals surface area contributed by atoms with Crippen LogP contribution in [0.25, 0.3) is 4.83 Å². The molecule has 0 aliphatic rings. The maximum absolute atomic E-state index is 10.5. The molecule has 0 aromatic carbocycles. The SMILES string of the molecule is O=C(O)c1nnn2nc(Br)sc12. The topological polar surface area (TPSA) is 80.4 Å². The number of carboxylic acid groups (broad SMARTS) is 1. The van der Waals surface area contributed by atoms with Crippen molar-refractivity contribution >= 4 is 38.1 Å². The van der Waals surface area contributed by atoms with Crippen LogP contribution in [0.5, 0.6) is 0 Å². The molecule has 0 aliphatic carbocycles. The van der Waals surface area contributed by atoms with Gasteiger partial charge in [0.2, 0.25) is 5.69 Å². The third kappa shape index (κ3) is 0.994. The van der Waals surface area contributed by atoms with Crippen LogP contribution in [0.2, 0.25) is 0 Å². The number of fused-ring (bicyclic) bond motifs is 1. The van der Waals surface area contributed by atoms with Gasteiger partial charge in [-0.25, -0.2) is 4.79 Å². The van der Waals surface area contributed by atoms with Crippen molar-refractivity contribution in [1.82, 2.24) is 20.0 Å². The number of aromatic carboxylic acids is 1. The Morgan fingerprint density at radius 3 is 3.08 bits per heavy atom. The van der Waals surface area contributed by atoms with E-state index < -0.39 is 5.97 Å². The molecule has 2 aromatic rings. The van der Waals surface area contributed by atoms with Gasteiger partial charge < -0.3 is 5.11 Å². The fourth-order valence-electron chi connectivity index (χ4n) is 0.729. The number of rotatable bonds is 1. The summed E-state index contributed by atoms with van der Waals surface area (Å²) >= 11 is 4.29. The Morgan fingerprint density at radius 1 is 1.67 bits per heavy atom. The van der Waals surface area contributed by atoms with E-state index in [9.17, 15) is 4.79 Å². The highest BCUT2D eigenvalue weighted by Crippen LogP contribution is 2.21. The highest BCUT2D eigenvalue weighted by molar-refractivity contribution is 9.11. The van der Waals surface area contributed by atoms with E-state index in [1.54, 1.807) is 0 Å². The summed E-state index contributed by atoms with van der Waals surface area (Å²) in [5.74, 6) is -1.10. The summed E-state index contributed by atoms with van der Waals surface area (Å²) in [7, 11) is 0. The first kappa shape index (κ1) is 7.62. The molecule has 0 saturated carbocycles. The van der Waals surface area contributed by atoms with Gasteiger partial charge in [-0.3, -0.25) is 0 Å². The van der Waals surface area contributed by atoms with Crippen molar-refractivity contribution in [2.45, 2.75) is 0 Å². The Balaban J connectivity index is 2.76. The van der Waals surface area contributed by atoms with Gasteiger partial charge in [0.25, 0.3) is 0 Å². The zero-order chi connectivity index (χ0) is 8.72. The summed E-state index contributed by atoms with van der Waals surface area (Å²) in [4.78, 5) is 11.0. The number of nitrogens with zero attached hydrogens (tertiary/aromatic N) is 4. The molecule has 8 heteroatoms. The summed E-state index contributed by atoms with van der Waals surface area (Å²) in [5, 5.41) is 19.4. The highest BCUT2D eigenvalue weighted by atomic mass is 79.9. The second-order valence-corrected chi connectivity index (χ2v) is 4.15. The minimum absolute atomic E-state index is 0.0711. The van der Waals surface area contributed by atoms with E-state index in [0.717, 1.165) is 0 Å². The molecule has 62 valence electrons. The van der Waals surface area contributed by atoms with Crippen LogP contribution in [0.1, 0.15) is 10.5 Å². The summed E-state index contributed by atoms with van der Waals surface area (Å²) < 4.78 is 1.76. The van der Waals surface area contributed by atoms with Crippen LogP contribution in [-0.2, 0) is 0 Å². The second-order valence-electron chi connectivity index (χ2n) is 1.89. The van der Waals surface area contributed by atoms with E-state index in [4.69, 9.17) is 5.11 Å². The molecule has 0 atom stereocenters. The minimum Gasteiger partial charge on any atom is -0.476 e. The largest absolute Gasteiger partial charge is 0.476 e. The third-order valence-corrected chi connectivity index (χ3v) is 2.61. The molecular formula is C4HBrN4O2S. The molecular weight excluding hydrogens is 248 g/mol. The number of carboxylic acids is 1. The first-order valence-corrected chi connectivity index (χ1v) is 4.41. The van der Waals surface area contributed by atoms with Crippen LogP contribution >= 0.6 is 27.3 Å². The average molecular weight is 249 g/mol. The Hall–Kier alpha value is -1.02. The van der Waals surface area contributed by atoms with Gasteiger partial charge in [-0.15, -0.1) is 14.8 Å². The number of aromatic nitrogens is 4. The summed E-state index contributed by atoms with van der Waals surface area (Å²) in [6, 6.07) is 0. The van der Waals surface area contributed by atoms with Crippen LogP contribution in [0.3, 0.4) is 0 Å². The standard InChI is InChI=1S/C4HBrN4O2S/c5-4-7-9-2(12-4)1(3(10)11)6-8-9/h(H,10,11). The van der Waals surface area contributed by atoms with Crippen molar-refractivity contribution in [3.05, 3.63) is 9.61 Å². The zero-order valence-corrected chi connectivity index (χ0v) is 7.83. The van der Waals surface area contributed by atoms with Crippen LogP contribution in [0.4, 0.5) is 0 Å². The van der Waals surface area contributed by atoms with Gasteiger partial charge in [0.1, 0.15) is 0 Å². The van der Waals surface area contributed by atoms with Crippen molar-refractivity contribution in [1.29, 1.82) is 0 Å². The smallest absolute Gasteiger partial charge is 0.359 e. The maximum Gasteiger partial charge on any atom is 0.359 e. The number of hydrogen-bond acceptors (Lipinski definition) is 5. The monoisotopic (exact) mass is 248 g/mol. The fourth-order valence-corrected chi connectivity index (χ4v) is 2.00. The number of carbonyl (C=O) groups is 1. The number of hydrogen-bond donors (Lipinski definition) is 1. The van der Waals surface area contributed by atoms with Gasteiger partial charge >= 0.3 is 5.97 Å². The van der Waals surface area contributed by atoms with E-state index in [1.807, 2.05) is 0 Å². The van der Waals surface area contributed by atoms with Crippen molar-refractivity contribution in [3.8, 4) is 0 Å². The lowest BCUT2D eigenvalue weighted by Crippen LogP contribution is -1.95. The lowest BCUT2D eigenvalue weighted by Gasteiger charge is -1.79. The predicted octanol–water partition coefficient (Wildman–Crippen LogP) is 0.646. The molecule has 2 heterocycles. The van der Waals surface area contributed by atoms with Crippen LogP contribution in [-0.4, -0.2) is 31.1 Å². The molecule has 0 unspecified atom stereocenters. The van der Waals surface area contributed by atoms with E-state index in [1.165, 1.54) is 16.0 Å². The van der Waals surface area contributed by atoms with Gasteiger partial charge in [0.15, 0.2) is 8.75 Å². The first-order chi connectivity index (χ1) is 5.68. The maximum atomic E-state index is 10.5. The normalized spacial score (nSPS) is 10.8. The van der Waals surface area contributed by atoms with Crippen molar-refractivity contribution < 1.29 is 9.90 Å². The molecule has 2 rings (SSSR count). The molecule has 0 bridgehead atoms. The van der Waals surface area contributed by atoms with E-state index in [-0.39, 0.29) is 5.69 Å². The quantitative estimate of drug-likeness (QED) is 0.802. The Bertz CT molecular complexity index is 449. The van der Waals surface area contributed by atoms with Crippen molar-refractivity contribution in [3.63, 3.8) is 0 Å². The molecule has 12 heavy (non-hydrogen) atoms. The third-order valence-electron chi connectivity index (χ3n) is 1.17. The molecule has 6 nitrogen and oxygen atoms in total. The summed E-state index contributed by atoms with van der Waals surface area (Å²) in [6.45, 7) is 0. The summed E-state index contributed by atoms with van der Waals surface area (Å²) in [5.41, 5.74) is -0.0711. The van der Waals surface area contributed by atoms with Crippen molar-refractivity contribution in [2.75, 3.05) is 0 Å². The summed E-state index contributed by atoms with van der Waals surface area (Å²) in [6.07, 6.45) is 0. The van der Waals surface area contributed by atoms with Gasteiger partial charge in [-0.2, -0.15) is 0 Å². The van der Waals surface area contributed by atoms with Crippen molar-refractivity contribution in [2.24, 2.45) is 0 Å². The van der Waals surface area contributed by atoms with Crippen LogP contribution in [0, 0.1) is 0 Å². The molecule has 1 N–H and O–H groups in total. The average Bonchev–Trinajstić information content (AvgIpc) is 2.43. The van der Waals surface area contributed by atoms with Gasteiger partial charge in [-0.05, 0) is 21.1 Å². The Labute approximate surface area is 77.9 Å². The van der Waals surface area contributed by atoms with Crippen LogP contribution < -0.4 is 0 Å². The minimum atomic E-state index is -1.10. The van der Waals surface area contributed by atoms with Gasteiger partial charge in [0, 0.05) is 0 Å². The molecule has 0 spiro atoms. The number of halogens is 1. The fraction of sp³-hybridized carbons (Fsp3) is 0. The second kappa shape index (κ2) is 2.49. The molecule has 0 radical (unpaired) electrons. The van der Waals surface area contributed by atoms with Gasteiger partial charge in [-0.1, -0.05) is 11.3 Å². The zero-order valence-electron chi connectivity index (χ0n) is 5.43. The first-order valence-electron chi connectivity index (χ1n) is 2.80. The lowest BCUT2D eigenvalue weighted by atomic mass is 10.5. The molecule has 0 aliphatic heterocycles. The van der Waals surface area contributed by atoms with E-state index in [0.29, 0.717) is 8.75 Å². The van der Waals surface area contributed by atoms with E-state index in [2.05, 4.69) is 31.3 Å². The Morgan fingerprint density at radius 2 is 2.42 bits per heavy atom. The molecule has 0 saturated heterocycles.